The minimum atomic E-state index is 0.00194. The van der Waals surface area contributed by atoms with E-state index in [1.165, 1.54) is 14.2 Å². The lowest BCUT2D eigenvalue weighted by Gasteiger charge is -2.20. The van der Waals surface area contributed by atoms with Crippen LogP contribution >= 0.6 is 0 Å². The maximum atomic E-state index is 10.3. The van der Waals surface area contributed by atoms with E-state index in [0.29, 0.717) is 0 Å². The highest BCUT2D eigenvalue weighted by Crippen LogP contribution is 2.48. The van der Waals surface area contributed by atoms with Gasteiger partial charge in [-0.15, -0.1) is 0 Å². The Labute approximate surface area is 115 Å². The van der Waals surface area contributed by atoms with E-state index in [1.807, 2.05) is 0 Å². The van der Waals surface area contributed by atoms with E-state index in [2.05, 4.69) is 13.8 Å². The van der Waals surface area contributed by atoms with Crippen LogP contribution in [0.5, 0.6) is 23.0 Å². The van der Waals surface area contributed by atoms with Gasteiger partial charge < -0.3 is 19.7 Å². The molecule has 0 spiro atoms. The molecular weight excluding hydrogens is 244 g/mol. The minimum Gasteiger partial charge on any atom is -0.504 e. The number of aromatic hydroxyl groups is 2. The standard InChI is InChI=1S/C15H24O4/c1-5-7-8-10(6-2)11-9-12(16)14(18-3)15(19-4)13(11)17/h9-10,16-17H,5-8H2,1-4H3. The number of hydrogen-bond donors (Lipinski definition) is 2. The summed E-state index contributed by atoms with van der Waals surface area (Å²) < 4.78 is 10.2. The second-order valence-corrected chi connectivity index (χ2v) is 4.65. The predicted octanol–water partition coefficient (Wildman–Crippen LogP) is 3.80. The third-order valence-electron chi connectivity index (χ3n) is 3.47. The molecule has 1 rings (SSSR count). The number of hydrogen-bond acceptors (Lipinski definition) is 4. The van der Waals surface area contributed by atoms with Crippen molar-refractivity contribution in [3.8, 4) is 23.0 Å². The maximum absolute atomic E-state index is 10.3. The number of benzene rings is 1. The molecule has 0 radical (unpaired) electrons. The Balaban J connectivity index is 3.23. The molecule has 1 atom stereocenters. The van der Waals surface area contributed by atoms with Crippen molar-refractivity contribution >= 4 is 0 Å². The van der Waals surface area contributed by atoms with Gasteiger partial charge in [-0.05, 0) is 24.8 Å². The molecule has 1 aromatic carbocycles. The highest BCUT2D eigenvalue weighted by atomic mass is 16.5. The Bertz CT molecular complexity index is 415. The van der Waals surface area contributed by atoms with Gasteiger partial charge in [-0.3, -0.25) is 0 Å². The zero-order chi connectivity index (χ0) is 14.4. The van der Waals surface area contributed by atoms with Crippen molar-refractivity contribution in [2.24, 2.45) is 0 Å². The molecular formula is C15H24O4. The Kier molecular flexibility index (Phi) is 5.80. The fourth-order valence-electron chi connectivity index (χ4n) is 2.36. The molecule has 0 saturated heterocycles. The molecule has 108 valence electrons. The van der Waals surface area contributed by atoms with Crippen molar-refractivity contribution in [2.75, 3.05) is 14.2 Å². The monoisotopic (exact) mass is 268 g/mol. The summed E-state index contributed by atoms with van der Waals surface area (Å²) in [5, 5.41) is 20.3. The van der Waals surface area contributed by atoms with E-state index in [9.17, 15) is 10.2 Å². The van der Waals surface area contributed by atoms with Gasteiger partial charge in [0, 0.05) is 5.56 Å². The summed E-state index contributed by atoms with van der Waals surface area (Å²) in [6, 6.07) is 1.58. The summed E-state index contributed by atoms with van der Waals surface area (Å²) in [4.78, 5) is 0. The van der Waals surface area contributed by atoms with E-state index in [-0.39, 0.29) is 28.9 Å². The summed E-state index contributed by atoms with van der Waals surface area (Å²) in [6.45, 7) is 4.21. The molecule has 19 heavy (non-hydrogen) atoms. The smallest absolute Gasteiger partial charge is 0.207 e. The van der Waals surface area contributed by atoms with Gasteiger partial charge in [0.25, 0.3) is 0 Å². The van der Waals surface area contributed by atoms with E-state index in [1.54, 1.807) is 6.07 Å². The predicted molar refractivity (Wildman–Crippen MR) is 75.4 cm³/mol. The summed E-state index contributed by atoms with van der Waals surface area (Å²) in [5.74, 6) is 0.661. The van der Waals surface area contributed by atoms with E-state index < -0.39 is 0 Å². The number of ether oxygens (including phenoxy) is 2. The Morgan fingerprint density at radius 1 is 1.11 bits per heavy atom. The average molecular weight is 268 g/mol. The summed E-state index contributed by atoms with van der Waals surface area (Å²) in [6.07, 6.45) is 4.08. The summed E-state index contributed by atoms with van der Waals surface area (Å²) >= 11 is 0. The summed E-state index contributed by atoms with van der Waals surface area (Å²) in [5.41, 5.74) is 0.728. The first-order valence-corrected chi connectivity index (χ1v) is 6.77. The molecule has 0 bridgehead atoms. The third kappa shape index (κ3) is 3.25. The molecule has 0 aliphatic carbocycles. The van der Waals surface area contributed by atoms with Crippen molar-refractivity contribution in [2.45, 2.75) is 45.4 Å². The molecule has 4 heteroatoms. The van der Waals surface area contributed by atoms with Gasteiger partial charge in [-0.1, -0.05) is 26.7 Å². The fraction of sp³-hybridized carbons (Fsp3) is 0.600. The molecule has 0 amide bonds. The van der Waals surface area contributed by atoms with Crippen LogP contribution in [0.15, 0.2) is 6.07 Å². The van der Waals surface area contributed by atoms with Crippen LogP contribution in [-0.4, -0.2) is 24.4 Å². The molecule has 1 unspecified atom stereocenters. The van der Waals surface area contributed by atoms with Gasteiger partial charge >= 0.3 is 0 Å². The lowest BCUT2D eigenvalue weighted by Crippen LogP contribution is -2.01. The van der Waals surface area contributed by atoms with Gasteiger partial charge in [0.1, 0.15) is 0 Å². The van der Waals surface area contributed by atoms with Crippen LogP contribution in [0.1, 0.15) is 51.0 Å². The van der Waals surface area contributed by atoms with Crippen molar-refractivity contribution in [1.29, 1.82) is 0 Å². The molecule has 0 aromatic heterocycles. The van der Waals surface area contributed by atoms with E-state index >= 15 is 0 Å². The highest BCUT2D eigenvalue weighted by molar-refractivity contribution is 5.62. The second-order valence-electron chi connectivity index (χ2n) is 4.65. The largest absolute Gasteiger partial charge is 0.504 e. The normalized spacial score (nSPS) is 12.2. The molecule has 0 aliphatic heterocycles. The van der Waals surface area contributed by atoms with Gasteiger partial charge in [0.15, 0.2) is 11.5 Å². The van der Waals surface area contributed by atoms with Crippen LogP contribution in [0, 0.1) is 0 Å². The van der Waals surface area contributed by atoms with Gasteiger partial charge in [0.2, 0.25) is 11.5 Å². The van der Waals surface area contributed by atoms with Crippen molar-refractivity contribution in [3.05, 3.63) is 11.6 Å². The Hall–Kier alpha value is -1.58. The number of rotatable bonds is 7. The lowest BCUT2D eigenvalue weighted by molar-refractivity contribution is 0.313. The van der Waals surface area contributed by atoms with Crippen molar-refractivity contribution in [1.82, 2.24) is 0 Å². The van der Waals surface area contributed by atoms with E-state index in [0.717, 1.165) is 31.2 Å². The third-order valence-corrected chi connectivity index (χ3v) is 3.47. The highest BCUT2D eigenvalue weighted by Gasteiger charge is 2.23. The first kappa shape index (κ1) is 15.5. The minimum absolute atomic E-state index is 0.00194. The molecule has 2 N–H and O–H groups in total. The average Bonchev–Trinajstić information content (AvgIpc) is 2.42. The number of unbranched alkanes of at least 4 members (excludes halogenated alkanes) is 1. The van der Waals surface area contributed by atoms with Crippen LogP contribution < -0.4 is 9.47 Å². The van der Waals surface area contributed by atoms with Crippen LogP contribution in [0.3, 0.4) is 0 Å². The molecule has 0 saturated carbocycles. The van der Waals surface area contributed by atoms with E-state index in [4.69, 9.17) is 9.47 Å². The lowest BCUT2D eigenvalue weighted by atomic mass is 9.90. The first-order chi connectivity index (χ1) is 9.10. The molecule has 4 nitrogen and oxygen atoms in total. The van der Waals surface area contributed by atoms with Gasteiger partial charge in [-0.2, -0.15) is 0 Å². The van der Waals surface area contributed by atoms with Crippen LogP contribution in [-0.2, 0) is 0 Å². The van der Waals surface area contributed by atoms with Crippen molar-refractivity contribution < 1.29 is 19.7 Å². The molecule has 0 fully saturated rings. The van der Waals surface area contributed by atoms with Gasteiger partial charge in [-0.25, -0.2) is 0 Å². The SMILES string of the molecule is CCCCC(CC)c1cc(O)c(OC)c(OC)c1O. The molecule has 1 aromatic rings. The van der Waals surface area contributed by atoms with Crippen LogP contribution in [0.25, 0.3) is 0 Å². The molecule has 0 aliphatic rings. The first-order valence-electron chi connectivity index (χ1n) is 6.77. The fourth-order valence-corrected chi connectivity index (χ4v) is 2.36. The molecule has 0 heterocycles. The van der Waals surface area contributed by atoms with Crippen LogP contribution in [0.4, 0.5) is 0 Å². The number of methoxy groups -OCH3 is 2. The maximum Gasteiger partial charge on any atom is 0.207 e. The second kappa shape index (κ2) is 7.12. The number of phenols is 2. The Morgan fingerprint density at radius 2 is 1.74 bits per heavy atom. The zero-order valence-electron chi connectivity index (χ0n) is 12.2. The zero-order valence-corrected chi connectivity index (χ0v) is 12.2. The van der Waals surface area contributed by atoms with Crippen molar-refractivity contribution in [3.63, 3.8) is 0 Å². The van der Waals surface area contributed by atoms with Crippen LogP contribution in [0.2, 0.25) is 0 Å². The number of phenolic OH excluding ortho intramolecular Hbond substituents is 2. The summed E-state index contributed by atoms with van der Waals surface area (Å²) in [7, 11) is 2.89. The quantitative estimate of drug-likeness (QED) is 0.738. The van der Waals surface area contributed by atoms with Gasteiger partial charge in [0.05, 0.1) is 14.2 Å². The Morgan fingerprint density at radius 3 is 2.21 bits per heavy atom. The topological polar surface area (TPSA) is 58.9 Å².